The van der Waals surface area contributed by atoms with Gasteiger partial charge in [0.05, 0.1) is 25.4 Å². The summed E-state index contributed by atoms with van der Waals surface area (Å²) in [5.41, 5.74) is -0.789. The molecule has 0 radical (unpaired) electrons. The topological polar surface area (TPSA) is 168 Å². The van der Waals surface area contributed by atoms with E-state index in [1.807, 2.05) is 0 Å². The van der Waals surface area contributed by atoms with Crippen molar-refractivity contribution in [3.63, 3.8) is 0 Å². The lowest BCUT2D eigenvalue weighted by Gasteiger charge is -2.23. The standard InChI is InChI=1S/C30H53N3O8/c1-6-7-8-9-10-11-12-13-14-15-16-17-18-25(35)33-24(20-28(39)41-30(3,4)5)29(40)31-21-26(36)32-23(22(2)34)19-27(37)38/h23-24H,6-21H2,1-5H3,(H,31,40)(H,32,36)(H,33,35)(H,37,38). The number of unbranched alkanes of at least 4 members (excludes halogenated alkanes) is 11. The maximum absolute atomic E-state index is 12.8. The second-order valence-electron chi connectivity index (χ2n) is 11.6. The van der Waals surface area contributed by atoms with Gasteiger partial charge >= 0.3 is 11.9 Å². The fourth-order valence-corrected chi connectivity index (χ4v) is 4.16. The van der Waals surface area contributed by atoms with Crippen LogP contribution in [-0.2, 0) is 33.5 Å². The van der Waals surface area contributed by atoms with E-state index < -0.39 is 66.6 Å². The van der Waals surface area contributed by atoms with Crippen LogP contribution in [0.15, 0.2) is 0 Å². The van der Waals surface area contributed by atoms with Crippen molar-refractivity contribution in [2.24, 2.45) is 0 Å². The number of aliphatic carboxylic acids is 1. The molecule has 0 aliphatic rings. The molecule has 0 aromatic carbocycles. The number of carboxylic acid groups (broad SMARTS) is 1. The molecule has 2 unspecified atom stereocenters. The van der Waals surface area contributed by atoms with Gasteiger partial charge in [-0.1, -0.05) is 77.6 Å². The van der Waals surface area contributed by atoms with Crippen molar-refractivity contribution in [2.75, 3.05) is 6.54 Å². The molecule has 0 saturated carbocycles. The van der Waals surface area contributed by atoms with Gasteiger partial charge in [-0.2, -0.15) is 0 Å². The molecule has 41 heavy (non-hydrogen) atoms. The van der Waals surface area contributed by atoms with E-state index >= 15 is 0 Å². The number of ether oxygens (including phenoxy) is 1. The molecule has 0 aliphatic carbocycles. The van der Waals surface area contributed by atoms with Gasteiger partial charge in [0.25, 0.3) is 0 Å². The molecule has 236 valence electrons. The van der Waals surface area contributed by atoms with E-state index in [9.17, 15) is 28.8 Å². The first-order valence-electron chi connectivity index (χ1n) is 15.1. The number of ketones is 1. The number of carbonyl (C=O) groups excluding carboxylic acids is 5. The largest absolute Gasteiger partial charge is 0.481 e. The van der Waals surface area contributed by atoms with E-state index in [1.165, 1.54) is 51.4 Å². The van der Waals surface area contributed by atoms with Gasteiger partial charge in [0.2, 0.25) is 17.7 Å². The van der Waals surface area contributed by atoms with Crippen molar-refractivity contribution in [1.29, 1.82) is 0 Å². The molecule has 3 amide bonds. The Labute approximate surface area is 245 Å². The summed E-state index contributed by atoms with van der Waals surface area (Å²) in [6, 6.07) is -2.49. The molecule has 0 spiro atoms. The van der Waals surface area contributed by atoms with Crippen LogP contribution in [0.1, 0.15) is 131 Å². The molecule has 0 aromatic heterocycles. The summed E-state index contributed by atoms with van der Waals surface area (Å²) in [6.07, 6.45) is 13.1. The van der Waals surface area contributed by atoms with Crippen molar-refractivity contribution in [3.8, 4) is 0 Å². The molecule has 11 heteroatoms. The zero-order valence-corrected chi connectivity index (χ0v) is 25.8. The molecule has 2 atom stereocenters. The van der Waals surface area contributed by atoms with Crippen LogP contribution in [0.5, 0.6) is 0 Å². The molecular weight excluding hydrogens is 530 g/mol. The third-order valence-electron chi connectivity index (χ3n) is 6.33. The number of nitrogens with one attached hydrogen (secondary N) is 3. The van der Waals surface area contributed by atoms with Crippen molar-refractivity contribution >= 4 is 35.4 Å². The van der Waals surface area contributed by atoms with Crippen LogP contribution in [-0.4, -0.2) is 64.8 Å². The highest BCUT2D eigenvalue weighted by molar-refractivity contribution is 5.95. The monoisotopic (exact) mass is 583 g/mol. The van der Waals surface area contributed by atoms with Crippen LogP contribution in [0.2, 0.25) is 0 Å². The number of rotatable bonds is 23. The van der Waals surface area contributed by atoms with E-state index in [4.69, 9.17) is 9.84 Å². The third kappa shape index (κ3) is 22.4. The predicted octanol–water partition coefficient (Wildman–Crippen LogP) is 3.96. The number of hydrogen-bond donors (Lipinski definition) is 4. The SMILES string of the molecule is CCCCCCCCCCCCCCC(=O)NC(CC(=O)OC(C)(C)C)C(=O)NCC(=O)NC(CC(=O)O)C(C)=O. The molecule has 0 fully saturated rings. The Morgan fingerprint density at radius 2 is 1.20 bits per heavy atom. The van der Waals surface area contributed by atoms with Gasteiger partial charge in [0.15, 0.2) is 5.78 Å². The van der Waals surface area contributed by atoms with Crippen LogP contribution >= 0.6 is 0 Å². The number of carboxylic acids is 1. The van der Waals surface area contributed by atoms with Crippen LogP contribution in [0.4, 0.5) is 0 Å². The molecule has 0 heterocycles. The maximum Gasteiger partial charge on any atom is 0.308 e. The summed E-state index contributed by atoms with van der Waals surface area (Å²) < 4.78 is 5.28. The van der Waals surface area contributed by atoms with Crippen molar-refractivity contribution < 1.29 is 38.6 Å². The van der Waals surface area contributed by atoms with Crippen LogP contribution in [0, 0.1) is 0 Å². The van der Waals surface area contributed by atoms with Gasteiger partial charge in [0, 0.05) is 6.42 Å². The van der Waals surface area contributed by atoms with Crippen molar-refractivity contribution in [2.45, 2.75) is 149 Å². The van der Waals surface area contributed by atoms with Gasteiger partial charge in [-0.25, -0.2) is 0 Å². The first-order chi connectivity index (χ1) is 19.2. The molecule has 4 N–H and O–H groups in total. The minimum Gasteiger partial charge on any atom is -0.481 e. The second-order valence-corrected chi connectivity index (χ2v) is 11.6. The number of esters is 1. The van der Waals surface area contributed by atoms with Gasteiger partial charge < -0.3 is 25.8 Å². The number of Topliss-reactive ketones (excluding diaryl/α,β-unsaturated/α-hetero) is 1. The van der Waals surface area contributed by atoms with Gasteiger partial charge in [0.1, 0.15) is 11.6 Å². The van der Waals surface area contributed by atoms with E-state index in [1.54, 1.807) is 20.8 Å². The van der Waals surface area contributed by atoms with Gasteiger partial charge in [-0.15, -0.1) is 0 Å². The first-order valence-corrected chi connectivity index (χ1v) is 15.1. The second kappa shape index (κ2) is 21.7. The molecule has 0 aromatic rings. The fraction of sp³-hybridized carbons (Fsp3) is 0.800. The smallest absolute Gasteiger partial charge is 0.308 e. The van der Waals surface area contributed by atoms with Crippen LogP contribution < -0.4 is 16.0 Å². The normalized spacial score (nSPS) is 12.6. The Bertz CT molecular complexity index is 838. The summed E-state index contributed by atoms with van der Waals surface area (Å²) in [4.78, 5) is 72.4. The highest BCUT2D eigenvalue weighted by Crippen LogP contribution is 2.13. The summed E-state index contributed by atoms with van der Waals surface area (Å²) in [5, 5.41) is 16.1. The first kappa shape index (κ1) is 38.0. The number of amides is 3. The van der Waals surface area contributed by atoms with E-state index in [0.29, 0.717) is 6.42 Å². The molecule has 0 aliphatic heterocycles. The predicted molar refractivity (Wildman–Crippen MR) is 156 cm³/mol. The third-order valence-corrected chi connectivity index (χ3v) is 6.33. The van der Waals surface area contributed by atoms with E-state index in [2.05, 4.69) is 22.9 Å². The molecular formula is C30H53N3O8. The lowest BCUT2D eigenvalue weighted by atomic mass is 10.0. The number of hydrogen-bond acceptors (Lipinski definition) is 7. The highest BCUT2D eigenvalue weighted by atomic mass is 16.6. The van der Waals surface area contributed by atoms with Crippen molar-refractivity contribution in [3.05, 3.63) is 0 Å². The van der Waals surface area contributed by atoms with Crippen molar-refractivity contribution in [1.82, 2.24) is 16.0 Å². The van der Waals surface area contributed by atoms with Crippen LogP contribution in [0.3, 0.4) is 0 Å². The van der Waals surface area contributed by atoms with Gasteiger partial charge in [-0.05, 0) is 34.1 Å². The Hall–Kier alpha value is -2.98. The fourth-order valence-electron chi connectivity index (χ4n) is 4.16. The zero-order chi connectivity index (χ0) is 31.3. The quantitative estimate of drug-likeness (QED) is 0.104. The zero-order valence-electron chi connectivity index (χ0n) is 25.8. The summed E-state index contributed by atoms with van der Waals surface area (Å²) in [7, 11) is 0. The van der Waals surface area contributed by atoms with E-state index in [-0.39, 0.29) is 12.3 Å². The Morgan fingerprint density at radius 1 is 0.707 bits per heavy atom. The molecule has 0 rings (SSSR count). The maximum atomic E-state index is 12.8. The van der Waals surface area contributed by atoms with Crippen LogP contribution in [0.25, 0.3) is 0 Å². The van der Waals surface area contributed by atoms with E-state index in [0.717, 1.165) is 26.2 Å². The highest BCUT2D eigenvalue weighted by Gasteiger charge is 2.28. The Kier molecular flexibility index (Phi) is 20.1. The minimum atomic E-state index is -1.26. The summed E-state index contributed by atoms with van der Waals surface area (Å²) in [6.45, 7) is 7.84. The lowest BCUT2D eigenvalue weighted by molar-refractivity contribution is -0.156. The van der Waals surface area contributed by atoms with Gasteiger partial charge in [-0.3, -0.25) is 28.8 Å². The minimum absolute atomic E-state index is 0.200. The average Bonchev–Trinajstić information content (AvgIpc) is 2.85. The average molecular weight is 584 g/mol. The molecule has 11 nitrogen and oxygen atoms in total. The Morgan fingerprint density at radius 3 is 1.66 bits per heavy atom. The molecule has 0 bridgehead atoms. The summed E-state index contributed by atoms with van der Waals surface area (Å²) in [5.74, 6) is -4.43. The Balaban J connectivity index is 4.67. The number of carbonyl (C=O) groups is 6. The molecule has 0 saturated heterocycles. The summed E-state index contributed by atoms with van der Waals surface area (Å²) >= 11 is 0. The lowest BCUT2D eigenvalue weighted by Crippen LogP contribution is -2.51.